The highest BCUT2D eigenvalue weighted by molar-refractivity contribution is 7.90. The van der Waals surface area contributed by atoms with Gasteiger partial charge in [0, 0.05) is 28.5 Å². The summed E-state index contributed by atoms with van der Waals surface area (Å²) < 4.78 is 24.7. The summed E-state index contributed by atoms with van der Waals surface area (Å²) in [5, 5.41) is 11.8. The van der Waals surface area contributed by atoms with Crippen LogP contribution < -0.4 is 5.32 Å². The molecule has 0 bridgehead atoms. The molecule has 0 aliphatic rings. The number of benzene rings is 4. The van der Waals surface area contributed by atoms with Crippen LogP contribution in [0, 0.1) is 0 Å². The van der Waals surface area contributed by atoms with Crippen LogP contribution >= 0.6 is 11.6 Å². The van der Waals surface area contributed by atoms with Crippen LogP contribution in [-0.2, 0) is 15.3 Å². The van der Waals surface area contributed by atoms with E-state index in [4.69, 9.17) is 11.6 Å². The van der Waals surface area contributed by atoms with Crippen molar-refractivity contribution in [2.75, 3.05) is 11.6 Å². The van der Waals surface area contributed by atoms with Crippen LogP contribution in [-0.4, -0.2) is 30.8 Å². The number of nitrogens with zero attached hydrogens (tertiary/aromatic N) is 1. The van der Waals surface area contributed by atoms with Crippen LogP contribution in [0.5, 0.6) is 0 Å². The molecule has 0 radical (unpaired) electrons. The highest BCUT2D eigenvalue weighted by Crippen LogP contribution is 2.35. The zero-order valence-corrected chi connectivity index (χ0v) is 23.6. The van der Waals surface area contributed by atoms with Gasteiger partial charge in [-0.25, -0.2) is 8.42 Å². The van der Waals surface area contributed by atoms with E-state index >= 15 is 0 Å². The van der Waals surface area contributed by atoms with E-state index in [1.54, 1.807) is 30.3 Å². The van der Waals surface area contributed by atoms with Crippen molar-refractivity contribution in [3.63, 3.8) is 0 Å². The van der Waals surface area contributed by atoms with Gasteiger partial charge >= 0.3 is 0 Å². The van der Waals surface area contributed by atoms with Crippen molar-refractivity contribution in [3.05, 3.63) is 101 Å². The first-order valence-corrected chi connectivity index (χ1v) is 14.7. The van der Waals surface area contributed by atoms with Gasteiger partial charge in [-0.2, -0.15) is 5.10 Å². The van der Waals surface area contributed by atoms with Crippen LogP contribution in [0.2, 0.25) is 5.02 Å². The normalized spacial score (nSPS) is 12.0. The molecule has 0 spiro atoms. The van der Waals surface area contributed by atoms with E-state index in [1.165, 1.54) is 6.07 Å². The van der Waals surface area contributed by atoms with E-state index in [1.807, 2.05) is 48.5 Å². The highest BCUT2D eigenvalue weighted by atomic mass is 35.5. The van der Waals surface area contributed by atoms with Crippen LogP contribution in [0.4, 0.5) is 5.69 Å². The van der Waals surface area contributed by atoms with Gasteiger partial charge in [-0.3, -0.25) is 9.89 Å². The number of carbonyl (C=O) groups excluding carboxylic acids is 1. The van der Waals surface area contributed by atoms with Crippen molar-refractivity contribution in [1.82, 2.24) is 10.2 Å². The number of nitrogens with one attached hydrogen (secondary N) is 2. The first-order valence-electron chi connectivity index (χ1n) is 12.4. The summed E-state index contributed by atoms with van der Waals surface area (Å²) in [7, 11) is -3.48. The molecule has 1 heterocycles. The minimum atomic E-state index is -3.48. The van der Waals surface area contributed by atoms with Crippen LogP contribution in [0.15, 0.2) is 89.8 Å². The predicted molar refractivity (Wildman–Crippen MR) is 158 cm³/mol. The van der Waals surface area contributed by atoms with E-state index in [-0.39, 0.29) is 16.2 Å². The van der Waals surface area contributed by atoms with Gasteiger partial charge in [0.05, 0.1) is 15.4 Å². The number of halogens is 1. The lowest BCUT2D eigenvalue weighted by Gasteiger charge is -2.19. The number of amides is 1. The molecular weight excluding hydrogens is 530 g/mol. The van der Waals surface area contributed by atoms with Crippen LogP contribution in [0.3, 0.4) is 0 Å². The van der Waals surface area contributed by atoms with Gasteiger partial charge in [0.1, 0.15) is 5.69 Å². The molecule has 198 valence electrons. The number of para-hydroxylation sites is 1. The SMILES string of the molecule is CC(C)(C)c1ccc(-c2cc(S(C)(=O)=O)ccc2C(=O)Nc2ccc(Cl)c(-c3n[nH]c4ccccc34)c2)cc1. The molecule has 1 aromatic heterocycles. The Kier molecular flexibility index (Phi) is 6.83. The van der Waals surface area contributed by atoms with E-state index in [2.05, 4.69) is 36.3 Å². The number of H-pyrrole nitrogens is 1. The number of anilines is 1. The maximum atomic E-state index is 13.6. The Morgan fingerprint density at radius 3 is 2.31 bits per heavy atom. The Hall–Kier alpha value is -3.94. The Morgan fingerprint density at radius 2 is 1.62 bits per heavy atom. The number of hydrogen-bond donors (Lipinski definition) is 2. The molecule has 0 atom stereocenters. The average Bonchev–Trinajstić information content (AvgIpc) is 3.32. The molecule has 1 amide bonds. The summed E-state index contributed by atoms with van der Waals surface area (Å²) in [6.07, 6.45) is 1.16. The monoisotopic (exact) mass is 557 g/mol. The van der Waals surface area contributed by atoms with Crippen molar-refractivity contribution in [3.8, 4) is 22.4 Å². The van der Waals surface area contributed by atoms with Crippen molar-refractivity contribution < 1.29 is 13.2 Å². The molecule has 0 unspecified atom stereocenters. The molecule has 4 aromatic carbocycles. The highest BCUT2D eigenvalue weighted by Gasteiger charge is 2.20. The van der Waals surface area contributed by atoms with Crippen molar-refractivity contribution in [2.45, 2.75) is 31.1 Å². The molecule has 8 heteroatoms. The number of aromatic amines is 1. The van der Waals surface area contributed by atoms with Crippen LogP contribution in [0.25, 0.3) is 33.3 Å². The van der Waals surface area contributed by atoms with Gasteiger partial charge < -0.3 is 5.32 Å². The van der Waals surface area contributed by atoms with Gasteiger partial charge in [0.2, 0.25) is 0 Å². The lowest BCUT2D eigenvalue weighted by molar-refractivity contribution is 0.102. The molecule has 6 nitrogen and oxygen atoms in total. The summed E-state index contributed by atoms with van der Waals surface area (Å²) in [4.78, 5) is 13.7. The third kappa shape index (κ3) is 5.46. The summed E-state index contributed by atoms with van der Waals surface area (Å²) in [6.45, 7) is 6.37. The van der Waals surface area contributed by atoms with E-state index in [0.717, 1.165) is 28.3 Å². The van der Waals surface area contributed by atoms with Gasteiger partial charge in [0.25, 0.3) is 5.91 Å². The fourth-order valence-electron chi connectivity index (χ4n) is 4.49. The van der Waals surface area contributed by atoms with Crippen LogP contribution in [0.1, 0.15) is 36.7 Å². The van der Waals surface area contributed by atoms with Gasteiger partial charge in [-0.1, -0.05) is 74.8 Å². The first kappa shape index (κ1) is 26.7. The Morgan fingerprint density at radius 1 is 0.897 bits per heavy atom. The first-order chi connectivity index (χ1) is 18.4. The second-order valence-corrected chi connectivity index (χ2v) is 13.0. The number of sulfone groups is 1. The average molecular weight is 558 g/mol. The second kappa shape index (κ2) is 9.98. The number of hydrogen-bond acceptors (Lipinski definition) is 4. The Labute approximate surface area is 233 Å². The largest absolute Gasteiger partial charge is 0.322 e. The number of rotatable bonds is 5. The summed E-state index contributed by atoms with van der Waals surface area (Å²) in [5.74, 6) is -0.370. The minimum Gasteiger partial charge on any atom is -0.322 e. The maximum absolute atomic E-state index is 13.6. The zero-order chi connectivity index (χ0) is 27.9. The fourth-order valence-corrected chi connectivity index (χ4v) is 5.35. The van der Waals surface area contributed by atoms with E-state index < -0.39 is 9.84 Å². The molecule has 5 aromatic rings. The zero-order valence-electron chi connectivity index (χ0n) is 22.0. The quantitative estimate of drug-likeness (QED) is 0.234. The third-order valence-electron chi connectivity index (χ3n) is 6.68. The molecule has 5 rings (SSSR count). The predicted octanol–water partition coefficient (Wildman–Crippen LogP) is 7.50. The molecule has 0 aliphatic carbocycles. The van der Waals surface area contributed by atoms with Crippen molar-refractivity contribution >= 4 is 43.9 Å². The fraction of sp³-hybridized carbons (Fsp3) is 0.161. The second-order valence-electron chi connectivity index (χ2n) is 10.6. The van der Waals surface area contributed by atoms with E-state index in [0.29, 0.717) is 33.1 Å². The molecule has 0 saturated carbocycles. The van der Waals surface area contributed by atoms with E-state index in [9.17, 15) is 13.2 Å². The van der Waals surface area contributed by atoms with Crippen molar-refractivity contribution in [1.29, 1.82) is 0 Å². The number of fused-ring (bicyclic) bond motifs is 1. The van der Waals surface area contributed by atoms with Gasteiger partial charge in [-0.15, -0.1) is 0 Å². The summed E-state index contributed by atoms with van der Waals surface area (Å²) in [6, 6.07) is 25.4. The number of carbonyl (C=O) groups is 1. The molecule has 0 fully saturated rings. The van der Waals surface area contributed by atoms with Crippen molar-refractivity contribution in [2.24, 2.45) is 0 Å². The Bertz CT molecular complexity index is 1820. The maximum Gasteiger partial charge on any atom is 0.256 e. The standard InChI is InChI=1S/C31H28ClN3O3S/c1-31(2,3)20-11-9-19(10-12-20)25-18-22(39(4,37)38)14-15-23(25)30(36)33-21-13-16-27(32)26(17-21)29-24-7-5-6-8-28(24)34-35-29/h5-18H,1-4H3,(H,33,36)(H,34,35). The molecule has 0 aliphatic heterocycles. The summed E-state index contributed by atoms with van der Waals surface area (Å²) in [5.41, 5.74) is 5.50. The molecule has 39 heavy (non-hydrogen) atoms. The molecule has 2 N–H and O–H groups in total. The lowest BCUT2D eigenvalue weighted by atomic mass is 9.86. The third-order valence-corrected chi connectivity index (χ3v) is 8.12. The lowest BCUT2D eigenvalue weighted by Crippen LogP contribution is -2.14. The van der Waals surface area contributed by atoms with Gasteiger partial charge in [-0.05, 0) is 64.6 Å². The number of aromatic nitrogens is 2. The smallest absolute Gasteiger partial charge is 0.256 e. The molecule has 0 saturated heterocycles. The summed E-state index contributed by atoms with van der Waals surface area (Å²) >= 11 is 6.53. The minimum absolute atomic E-state index is 0.0424. The molecular formula is C31H28ClN3O3S. The topological polar surface area (TPSA) is 91.9 Å². The Balaban J connectivity index is 1.53. The van der Waals surface area contributed by atoms with Gasteiger partial charge in [0.15, 0.2) is 9.84 Å².